The lowest BCUT2D eigenvalue weighted by atomic mass is 10.0. The van der Waals surface area contributed by atoms with E-state index in [2.05, 4.69) is 10.4 Å². The summed E-state index contributed by atoms with van der Waals surface area (Å²) in [4.78, 5) is 11.9. The van der Waals surface area contributed by atoms with E-state index in [1.807, 2.05) is 50.4 Å². The van der Waals surface area contributed by atoms with Gasteiger partial charge in [-0.25, -0.2) is 4.68 Å². The molecule has 0 spiro atoms. The number of rotatable bonds is 5. The summed E-state index contributed by atoms with van der Waals surface area (Å²) in [5.74, 6) is 0.222. The lowest BCUT2D eigenvalue weighted by molar-refractivity contribution is -0.116. The highest BCUT2D eigenvalue weighted by Gasteiger charge is 2.13. The summed E-state index contributed by atoms with van der Waals surface area (Å²) >= 11 is 0. The maximum atomic E-state index is 11.9. The molecule has 1 heterocycles. The maximum absolute atomic E-state index is 11.9. The fraction of sp³-hybridized carbons (Fsp3) is 0.333. The number of hydrogen-bond acceptors (Lipinski definition) is 3. The Labute approximate surface area is 118 Å². The van der Waals surface area contributed by atoms with E-state index in [9.17, 15) is 4.79 Å². The minimum absolute atomic E-state index is 0.0659. The predicted molar refractivity (Wildman–Crippen MR) is 79.6 cm³/mol. The first-order valence-electron chi connectivity index (χ1n) is 6.72. The topological polar surface area (TPSA) is 72.9 Å². The number of nitrogens with two attached hydrogens (primary N) is 1. The number of amides is 1. The zero-order valence-electron chi connectivity index (χ0n) is 11.8. The van der Waals surface area contributed by atoms with Crippen LogP contribution < -0.4 is 11.1 Å². The molecule has 0 aliphatic rings. The van der Waals surface area contributed by atoms with Crippen molar-refractivity contribution in [2.75, 3.05) is 5.32 Å². The Morgan fingerprint density at radius 3 is 2.85 bits per heavy atom. The van der Waals surface area contributed by atoms with E-state index in [4.69, 9.17) is 5.73 Å². The normalized spacial score (nSPS) is 12.4. The smallest absolute Gasteiger partial charge is 0.225 e. The van der Waals surface area contributed by atoms with Crippen LogP contribution >= 0.6 is 0 Å². The van der Waals surface area contributed by atoms with Gasteiger partial charge in [-0.15, -0.1) is 0 Å². The number of carbonyl (C=O) groups is 1. The van der Waals surface area contributed by atoms with Gasteiger partial charge in [0.05, 0.1) is 5.69 Å². The largest absolute Gasteiger partial charge is 0.327 e. The number of nitrogens with zero attached hydrogens (tertiary/aromatic N) is 2. The van der Waals surface area contributed by atoms with Crippen LogP contribution in [0, 0.1) is 5.92 Å². The van der Waals surface area contributed by atoms with Crippen LogP contribution in [0.4, 0.5) is 5.69 Å². The molecule has 1 aromatic carbocycles. The summed E-state index contributed by atoms with van der Waals surface area (Å²) < 4.78 is 1.75. The van der Waals surface area contributed by atoms with Crippen LogP contribution in [0.25, 0.3) is 5.69 Å². The second-order valence-corrected chi connectivity index (χ2v) is 5.16. The van der Waals surface area contributed by atoms with Crippen LogP contribution in [0.3, 0.4) is 0 Å². The first kappa shape index (κ1) is 14.3. The van der Waals surface area contributed by atoms with Crippen molar-refractivity contribution in [3.8, 4) is 5.69 Å². The molecule has 1 amide bonds. The summed E-state index contributed by atoms with van der Waals surface area (Å²) in [6.07, 6.45) is 3.90. The molecule has 0 bridgehead atoms. The van der Waals surface area contributed by atoms with Gasteiger partial charge in [-0.3, -0.25) is 4.79 Å². The Kier molecular flexibility index (Phi) is 4.53. The SMILES string of the molecule is CC(C)C(N)CC(=O)Nc1cccc(-n2cccn2)c1. The standard InChI is InChI=1S/C15H20N4O/c1-11(2)14(16)10-15(20)18-12-5-3-6-13(9-12)19-8-4-7-17-19/h3-9,11,14H,10,16H2,1-2H3,(H,18,20). The van der Waals surface area contributed by atoms with Crippen LogP contribution in [-0.2, 0) is 4.79 Å². The van der Waals surface area contributed by atoms with Gasteiger partial charge in [0.2, 0.25) is 5.91 Å². The predicted octanol–water partition coefficient (Wildman–Crippen LogP) is 2.18. The number of carbonyl (C=O) groups excluding carboxylic acids is 1. The Morgan fingerprint density at radius 2 is 2.20 bits per heavy atom. The quantitative estimate of drug-likeness (QED) is 0.876. The van der Waals surface area contributed by atoms with E-state index in [-0.39, 0.29) is 17.9 Å². The second kappa shape index (κ2) is 6.34. The van der Waals surface area contributed by atoms with Gasteiger partial charge in [-0.2, -0.15) is 5.10 Å². The van der Waals surface area contributed by atoms with Crippen LogP contribution in [0.2, 0.25) is 0 Å². The average Bonchev–Trinajstić information content (AvgIpc) is 2.92. The zero-order chi connectivity index (χ0) is 14.5. The molecule has 0 fully saturated rings. The number of aromatic nitrogens is 2. The molecule has 2 aromatic rings. The summed E-state index contributed by atoms with van der Waals surface area (Å²) in [7, 11) is 0. The molecule has 1 aromatic heterocycles. The van der Waals surface area contributed by atoms with Gasteiger partial charge in [0, 0.05) is 30.5 Å². The third kappa shape index (κ3) is 3.68. The molecule has 106 valence electrons. The second-order valence-electron chi connectivity index (χ2n) is 5.16. The highest BCUT2D eigenvalue weighted by molar-refractivity contribution is 5.91. The van der Waals surface area contributed by atoms with Gasteiger partial charge < -0.3 is 11.1 Å². The molecule has 5 heteroatoms. The fourth-order valence-corrected chi connectivity index (χ4v) is 1.81. The molecule has 0 saturated carbocycles. The minimum Gasteiger partial charge on any atom is -0.327 e. The molecular weight excluding hydrogens is 252 g/mol. The number of hydrogen-bond donors (Lipinski definition) is 2. The minimum atomic E-state index is -0.121. The number of anilines is 1. The molecular formula is C15H20N4O. The van der Waals surface area contributed by atoms with Crippen molar-refractivity contribution in [1.29, 1.82) is 0 Å². The molecule has 2 rings (SSSR count). The number of nitrogens with one attached hydrogen (secondary N) is 1. The highest BCUT2D eigenvalue weighted by Crippen LogP contribution is 2.14. The first-order chi connectivity index (χ1) is 9.56. The Morgan fingerprint density at radius 1 is 1.40 bits per heavy atom. The van der Waals surface area contributed by atoms with Crippen molar-refractivity contribution in [2.24, 2.45) is 11.7 Å². The summed E-state index contributed by atoms with van der Waals surface area (Å²) in [5.41, 5.74) is 7.56. The summed E-state index contributed by atoms with van der Waals surface area (Å²) in [5, 5.41) is 7.03. The van der Waals surface area contributed by atoms with E-state index >= 15 is 0 Å². The van der Waals surface area contributed by atoms with Crippen molar-refractivity contribution in [1.82, 2.24) is 9.78 Å². The van der Waals surface area contributed by atoms with E-state index in [0.29, 0.717) is 6.42 Å². The number of benzene rings is 1. The lowest BCUT2D eigenvalue weighted by Gasteiger charge is -2.15. The van der Waals surface area contributed by atoms with Gasteiger partial charge in [-0.05, 0) is 30.2 Å². The third-order valence-electron chi connectivity index (χ3n) is 3.18. The summed E-state index contributed by atoms with van der Waals surface area (Å²) in [6.45, 7) is 4.02. The molecule has 3 N–H and O–H groups in total. The monoisotopic (exact) mass is 272 g/mol. The van der Waals surface area contributed by atoms with E-state index in [1.54, 1.807) is 10.9 Å². The lowest BCUT2D eigenvalue weighted by Crippen LogP contribution is -2.31. The molecule has 0 saturated heterocycles. The molecule has 0 aliphatic carbocycles. The van der Waals surface area contributed by atoms with Crippen molar-refractivity contribution in [3.63, 3.8) is 0 Å². The van der Waals surface area contributed by atoms with Gasteiger partial charge in [0.15, 0.2) is 0 Å². The van der Waals surface area contributed by atoms with E-state index < -0.39 is 0 Å². The third-order valence-corrected chi connectivity index (χ3v) is 3.18. The Bertz CT molecular complexity index is 563. The van der Waals surface area contributed by atoms with Crippen molar-refractivity contribution in [2.45, 2.75) is 26.3 Å². The molecule has 20 heavy (non-hydrogen) atoms. The molecule has 0 radical (unpaired) electrons. The van der Waals surface area contributed by atoms with Gasteiger partial charge in [0.25, 0.3) is 0 Å². The molecule has 1 unspecified atom stereocenters. The van der Waals surface area contributed by atoms with Crippen molar-refractivity contribution in [3.05, 3.63) is 42.7 Å². The first-order valence-corrected chi connectivity index (χ1v) is 6.72. The van der Waals surface area contributed by atoms with Gasteiger partial charge in [0.1, 0.15) is 0 Å². The van der Waals surface area contributed by atoms with E-state index in [1.165, 1.54) is 0 Å². The molecule has 1 atom stereocenters. The van der Waals surface area contributed by atoms with Gasteiger partial charge in [-0.1, -0.05) is 19.9 Å². The fourth-order valence-electron chi connectivity index (χ4n) is 1.81. The van der Waals surface area contributed by atoms with Crippen LogP contribution in [0.5, 0.6) is 0 Å². The zero-order valence-corrected chi connectivity index (χ0v) is 11.8. The van der Waals surface area contributed by atoms with Crippen LogP contribution in [-0.4, -0.2) is 21.7 Å². The average molecular weight is 272 g/mol. The Balaban J connectivity index is 2.03. The van der Waals surface area contributed by atoms with Gasteiger partial charge >= 0.3 is 0 Å². The van der Waals surface area contributed by atoms with Crippen LogP contribution in [0.1, 0.15) is 20.3 Å². The Hall–Kier alpha value is -2.14. The van der Waals surface area contributed by atoms with Crippen molar-refractivity contribution < 1.29 is 4.79 Å². The van der Waals surface area contributed by atoms with E-state index in [0.717, 1.165) is 11.4 Å². The van der Waals surface area contributed by atoms with Crippen molar-refractivity contribution >= 4 is 11.6 Å². The highest BCUT2D eigenvalue weighted by atomic mass is 16.1. The summed E-state index contributed by atoms with van der Waals surface area (Å²) in [6, 6.07) is 9.28. The molecule has 5 nitrogen and oxygen atoms in total. The maximum Gasteiger partial charge on any atom is 0.225 e. The van der Waals surface area contributed by atoms with Crippen LogP contribution in [0.15, 0.2) is 42.7 Å². The molecule has 0 aliphatic heterocycles.